The number of hydrogen-bond acceptors (Lipinski definition) is 10. The number of nitrogens with zero attached hydrogens (tertiary/aromatic N) is 6. The highest BCUT2D eigenvalue weighted by Crippen LogP contribution is 2.41. The average Bonchev–Trinajstić information content (AvgIpc) is 3.42. The van der Waals surface area contributed by atoms with Crippen LogP contribution < -0.4 is 5.32 Å². The molecule has 2 aliphatic rings. The lowest BCUT2D eigenvalue weighted by atomic mass is 10.0. The maximum Gasteiger partial charge on any atom is 0.352 e. The van der Waals surface area contributed by atoms with Gasteiger partial charge in [-0.15, -0.1) is 28.2 Å². The van der Waals surface area contributed by atoms with Crippen LogP contribution in [0.4, 0.5) is 0 Å². The van der Waals surface area contributed by atoms with E-state index >= 15 is 0 Å². The van der Waals surface area contributed by atoms with Gasteiger partial charge in [0.2, 0.25) is 11.1 Å². The van der Waals surface area contributed by atoms with E-state index in [1.54, 1.807) is 0 Å². The zero-order valence-corrected chi connectivity index (χ0v) is 18.2. The van der Waals surface area contributed by atoms with E-state index in [9.17, 15) is 19.5 Å². The van der Waals surface area contributed by atoms with Gasteiger partial charge < -0.3 is 10.4 Å². The van der Waals surface area contributed by atoms with Crippen molar-refractivity contribution >= 4 is 52.6 Å². The van der Waals surface area contributed by atoms with Crippen molar-refractivity contribution in [3.63, 3.8) is 0 Å². The van der Waals surface area contributed by atoms with Crippen molar-refractivity contribution in [1.82, 2.24) is 30.4 Å². The number of carboxylic acid groups (broad SMARTS) is 1. The SMILES string of the molecule is N#CCn1nnnc1SCC1=C(C(=O)O)N2C(=O)C(NC(=O)Cc3cccs3)[C@H]2SC1. The fourth-order valence-corrected chi connectivity index (χ4v) is 6.27. The van der Waals surface area contributed by atoms with E-state index in [1.807, 2.05) is 23.6 Å². The molecular weight excluding hydrogens is 462 g/mol. The Morgan fingerprint density at radius 3 is 3.00 bits per heavy atom. The van der Waals surface area contributed by atoms with Crippen LogP contribution in [0.3, 0.4) is 0 Å². The maximum atomic E-state index is 12.7. The van der Waals surface area contributed by atoms with Gasteiger partial charge in [0.05, 0.1) is 12.5 Å². The zero-order valence-electron chi connectivity index (χ0n) is 15.8. The molecule has 2 amide bonds. The van der Waals surface area contributed by atoms with Crippen molar-refractivity contribution in [3.05, 3.63) is 33.7 Å². The third-order valence-corrected chi connectivity index (χ3v) is 7.84. The molecule has 0 aromatic carbocycles. The highest BCUT2D eigenvalue weighted by atomic mass is 32.2. The summed E-state index contributed by atoms with van der Waals surface area (Å²) >= 11 is 4.06. The normalized spacial score (nSPS) is 20.1. The van der Waals surface area contributed by atoms with E-state index in [0.29, 0.717) is 16.5 Å². The number of carboxylic acids is 1. The summed E-state index contributed by atoms with van der Waals surface area (Å²) in [6, 6.07) is 4.90. The number of aliphatic carboxylic acids is 1. The molecule has 1 saturated heterocycles. The lowest BCUT2D eigenvalue weighted by Gasteiger charge is -2.49. The van der Waals surface area contributed by atoms with Crippen LogP contribution in [-0.2, 0) is 27.3 Å². The molecule has 1 unspecified atom stereocenters. The van der Waals surface area contributed by atoms with Crippen molar-refractivity contribution in [3.8, 4) is 6.07 Å². The van der Waals surface area contributed by atoms with Gasteiger partial charge in [-0.3, -0.25) is 14.5 Å². The first-order chi connectivity index (χ1) is 15.0. The highest BCUT2D eigenvalue weighted by Gasteiger charge is 2.54. The zero-order chi connectivity index (χ0) is 22.0. The largest absolute Gasteiger partial charge is 0.477 e. The fraction of sp³-hybridized carbons (Fsp3) is 0.353. The number of fused-ring (bicyclic) bond motifs is 1. The molecule has 14 heteroatoms. The Bertz CT molecular complexity index is 1090. The summed E-state index contributed by atoms with van der Waals surface area (Å²) in [5, 5.41) is 34.2. The summed E-state index contributed by atoms with van der Waals surface area (Å²) in [6.45, 7) is -0.0194. The van der Waals surface area contributed by atoms with Gasteiger partial charge in [-0.05, 0) is 27.4 Å². The topological polar surface area (TPSA) is 154 Å². The Kier molecular flexibility index (Phi) is 6.25. The Morgan fingerprint density at radius 1 is 1.45 bits per heavy atom. The summed E-state index contributed by atoms with van der Waals surface area (Å²) in [7, 11) is 0. The lowest BCUT2D eigenvalue weighted by Crippen LogP contribution is -2.70. The van der Waals surface area contributed by atoms with Crippen LogP contribution in [0.2, 0.25) is 0 Å². The quantitative estimate of drug-likeness (QED) is 0.401. The Labute approximate surface area is 188 Å². The van der Waals surface area contributed by atoms with Gasteiger partial charge in [-0.2, -0.15) is 5.26 Å². The fourth-order valence-electron chi connectivity index (χ4n) is 3.21. The second-order valence-corrected chi connectivity index (χ2v) is 9.61. The van der Waals surface area contributed by atoms with Crippen molar-refractivity contribution in [2.24, 2.45) is 0 Å². The standard InChI is InChI=1S/C17H15N7O4S3/c18-3-4-23-17(20-21-22-23)31-8-9-7-30-15-12(14(26)24(15)13(9)16(27)28)19-11(25)6-10-2-1-5-29-10/h1-2,5,12,15H,4,6-8H2,(H,19,25)(H,27,28)/t12?,15-/m1/s1. The molecule has 1 fully saturated rings. The van der Waals surface area contributed by atoms with Crippen molar-refractivity contribution in [2.75, 3.05) is 11.5 Å². The number of thiophene rings is 1. The van der Waals surface area contributed by atoms with Gasteiger partial charge in [0.1, 0.15) is 23.7 Å². The van der Waals surface area contributed by atoms with Crippen LogP contribution in [0.1, 0.15) is 4.88 Å². The van der Waals surface area contributed by atoms with E-state index < -0.39 is 23.3 Å². The summed E-state index contributed by atoms with van der Waals surface area (Å²) in [5.41, 5.74) is 0.492. The minimum atomic E-state index is -1.20. The van der Waals surface area contributed by atoms with Gasteiger partial charge in [0, 0.05) is 16.4 Å². The predicted octanol–water partition coefficient (Wildman–Crippen LogP) is 0.332. The number of β-lactam (4-membered cyclic amide) rings is 1. The second-order valence-electron chi connectivity index (χ2n) is 6.53. The van der Waals surface area contributed by atoms with Gasteiger partial charge >= 0.3 is 5.97 Å². The molecule has 11 nitrogen and oxygen atoms in total. The number of hydrogen-bond donors (Lipinski definition) is 2. The first-order valence-electron chi connectivity index (χ1n) is 8.97. The van der Waals surface area contributed by atoms with Crippen LogP contribution >= 0.6 is 34.9 Å². The van der Waals surface area contributed by atoms with E-state index in [0.717, 1.165) is 4.88 Å². The van der Waals surface area contributed by atoms with Gasteiger partial charge in [0.25, 0.3) is 5.91 Å². The first-order valence-corrected chi connectivity index (χ1v) is 11.9. The van der Waals surface area contributed by atoms with E-state index in [-0.39, 0.29) is 30.3 Å². The molecule has 0 bridgehead atoms. The van der Waals surface area contributed by atoms with Crippen LogP contribution in [-0.4, -0.2) is 70.9 Å². The number of rotatable bonds is 8. The number of carbonyl (C=O) groups excluding carboxylic acids is 2. The Balaban J connectivity index is 1.44. The molecule has 2 aromatic heterocycles. The van der Waals surface area contributed by atoms with Crippen LogP contribution in [0, 0.1) is 11.3 Å². The van der Waals surface area contributed by atoms with E-state index in [4.69, 9.17) is 5.26 Å². The van der Waals surface area contributed by atoms with Gasteiger partial charge in [-0.25, -0.2) is 9.48 Å². The average molecular weight is 478 g/mol. The number of nitriles is 1. The van der Waals surface area contributed by atoms with Gasteiger partial charge in [-0.1, -0.05) is 17.8 Å². The van der Waals surface area contributed by atoms with Crippen molar-refractivity contribution in [1.29, 1.82) is 5.26 Å². The summed E-state index contributed by atoms with van der Waals surface area (Å²) < 4.78 is 1.32. The smallest absolute Gasteiger partial charge is 0.352 e. The first kappa shape index (κ1) is 21.3. The third kappa shape index (κ3) is 4.29. The van der Waals surface area contributed by atoms with E-state index in [1.165, 1.54) is 44.4 Å². The molecule has 0 aliphatic carbocycles. The monoisotopic (exact) mass is 477 g/mol. The maximum absolute atomic E-state index is 12.7. The molecule has 0 radical (unpaired) electrons. The minimum Gasteiger partial charge on any atom is -0.477 e. The summed E-state index contributed by atoms with van der Waals surface area (Å²) in [4.78, 5) is 39.0. The number of carbonyl (C=O) groups is 3. The lowest BCUT2D eigenvalue weighted by molar-refractivity contribution is -0.150. The predicted molar refractivity (Wildman–Crippen MR) is 112 cm³/mol. The third-order valence-electron chi connectivity index (χ3n) is 4.58. The molecule has 2 atom stereocenters. The molecule has 4 heterocycles. The molecule has 2 aromatic rings. The number of aromatic nitrogens is 4. The van der Waals surface area contributed by atoms with Crippen LogP contribution in [0.25, 0.3) is 0 Å². The Morgan fingerprint density at radius 2 is 2.29 bits per heavy atom. The molecule has 0 saturated carbocycles. The molecule has 2 aliphatic heterocycles. The van der Waals surface area contributed by atoms with Crippen LogP contribution in [0.5, 0.6) is 0 Å². The molecule has 4 rings (SSSR count). The van der Waals surface area contributed by atoms with Crippen molar-refractivity contribution < 1.29 is 19.5 Å². The number of thioether (sulfide) groups is 2. The van der Waals surface area contributed by atoms with Crippen LogP contribution in [0.15, 0.2) is 33.9 Å². The van der Waals surface area contributed by atoms with Gasteiger partial charge in [0.15, 0.2) is 0 Å². The molecular formula is C17H15N7O4S3. The molecule has 2 N–H and O–H groups in total. The Hall–Kier alpha value is -2.89. The number of tetrazole rings is 1. The van der Waals surface area contributed by atoms with E-state index in [2.05, 4.69) is 20.8 Å². The second kappa shape index (κ2) is 9.08. The van der Waals surface area contributed by atoms with Crippen molar-refractivity contribution in [2.45, 2.75) is 29.5 Å². The highest BCUT2D eigenvalue weighted by molar-refractivity contribution is 8.01. The number of nitrogens with one attached hydrogen (secondary N) is 1. The molecule has 31 heavy (non-hydrogen) atoms. The summed E-state index contributed by atoms with van der Waals surface area (Å²) in [6.07, 6.45) is 0.180. The minimum absolute atomic E-state index is 0.0194. The molecule has 0 spiro atoms. The molecule has 160 valence electrons. The summed E-state index contributed by atoms with van der Waals surface area (Å²) in [5.74, 6) is -1.26. The number of amides is 2.